The molecule has 1 amide bonds. The second-order valence-corrected chi connectivity index (χ2v) is 12.3. The molecule has 2 heterocycles. The van der Waals surface area contributed by atoms with Crippen LogP contribution in [0.3, 0.4) is 0 Å². The fourth-order valence-corrected chi connectivity index (χ4v) is 6.90. The number of carbonyl (C=O) groups excluding carboxylic acids is 1. The van der Waals surface area contributed by atoms with Gasteiger partial charge in [0, 0.05) is 51.5 Å². The van der Waals surface area contributed by atoms with E-state index in [0.717, 1.165) is 0 Å². The second-order valence-electron chi connectivity index (χ2n) is 10.0. The minimum atomic E-state index is -4.78. The summed E-state index contributed by atoms with van der Waals surface area (Å²) < 4.78 is 79.4. The number of piperidine rings is 1. The van der Waals surface area contributed by atoms with Crippen molar-refractivity contribution in [2.45, 2.75) is 41.8 Å². The van der Waals surface area contributed by atoms with Gasteiger partial charge in [0.05, 0.1) is 24.3 Å². The monoisotopic (exact) mass is 662 g/mol. The molecule has 2 N–H and O–H groups in total. The van der Waals surface area contributed by atoms with Crippen LogP contribution >= 0.6 is 12.4 Å². The number of methoxy groups -OCH3 is 1. The van der Waals surface area contributed by atoms with Crippen LogP contribution in [0.2, 0.25) is 0 Å². The van der Waals surface area contributed by atoms with Crippen LogP contribution in [0, 0.1) is 0 Å². The Morgan fingerprint density at radius 1 is 1.05 bits per heavy atom. The molecule has 1 fully saturated rings. The molecule has 1 saturated heterocycles. The maximum atomic E-state index is 13.6. The van der Waals surface area contributed by atoms with E-state index in [9.17, 15) is 31.6 Å². The first-order valence-corrected chi connectivity index (χ1v) is 15.0. The third-order valence-corrected chi connectivity index (χ3v) is 9.79. The lowest BCUT2D eigenvalue weighted by Gasteiger charge is -2.39. The maximum Gasteiger partial charge on any atom is 0.573 e. The third-order valence-electron chi connectivity index (χ3n) is 7.27. The zero-order valence-electron chi connectivity index (χ0n) is 23.8. The Morgan fingerprint density at radius 2 is 1.75 bits per heavy atom. The van der Waals surface area contributed by atoms with Crippen LogP contribution in [-0.2, 0) is 25.9 Å². The van der Waals surface area contributed by atoms with Crippen molar-refractivity contribution in [1.29, 1.82) is 0 Å². The summed E-state index contributed by atoms with van der Waals surface area (Å²) in [6.45, 7) is 2.54. The number of alkyl halides is 3. The van der Waals surface area contributed by atoms with E-state index in [2.05, 4.69) is 9.84 Å². The van der Waals surface area contributed by atoms with Gasteiger partial charge >= 0.3 is 6.36 Å². The first-order chi connectivity index (χ1) is 20.5. The Morgan fingerprint density at radius 3 is 2.39 bits per heavy atom. The average molecular weight is 663 g/mol. The molecule has 0 spiro atoms. The van der Waals surface area contributed by atoms with Crippen LogP contribution in [0.25, 0.3) is 11.1 Å². The quantitative estimate of drug-likeness (QED) is 0.158. The Balaban J connectivity index is 0.00000529. The summed E-state index contributed by atoms with van der Waals surface area (Å²) in [5.74, 6) is -0.847. The predicted octanol–water partition coefficient (Wildman–Crippen LogP) is 4.10. The number of carbonyl (C=O) groups is 1. The number of hydrogen-bond acceptors (Lipinski definition) is 9. The first kappa shape index (κ1) is 35.1. The summed E-state index contributed by atoms with van der Waals surface area (Å²) in [4.78, 5) is 14.6. The number of likely N-dealkylation sites (tertiary alicyclic amines) is 1. The van der Waals surface area contributed by atoms with Gasteiger partial charge in [0.25, 0.3) is 5.91 Å². The minimum Gasteiger partial charge on any atom is -0.494 e. The van der Waals surface area contributed by atoms with E-state index in [-0.39, 0.29) is 42.5 Å². The van der Waals surface area contributed by atoms with E-state index in [1.165, 1.54) is 42.5 Å². The number of sulfone groups is 1. The molecule has 0 aliphatic carbocycles. The first-order valence-electron chi connectivity index (χ1n) is 13.5. The SMILES string of the molecule is COCCN1CCC(C(=O)NO)(S(=O)(=O)c2ccc(OCCCn3cc(-c4cccc(OC(F)(F)F)c4)cn3)cc2)CC1.Cl. The largest absolute Gasteiger partial charge is 0.573 e. The van der Waals surface area contributed by atoms with Gasteiger partial charge in [-0.15, -0.1) is 25.6 Å². The van der Waals surface area contributed by atoms with Crippen molar-refractivity contribution in [3.05, 3.63) is 60.9 Å². The average Bonchev–Trinajstić information content (AvgIpc) is 3.46. The molecule has 2 aromatic carbocycles. The smallest absolute Gasteiger partial charge is 0.494 e. The Labute approximate surface area is 259 Å². The molecular formula is C28H34ClF3N4O7S. The van der Waals surface area contributed by atoms with Gasteiger partial charge in [-0.2, -0.15) is 5.10 Å². The molecule has 4 rings (SSSR count). The highest BCUT2D eigenvalue weighted by molar-refractivity contribution is 7.93. The number of hydroxylamine groups is 1. The van der Waals surface area contributed by atoms with Crippen LogP contribution in [0.4, 0.5) is 13.2 Å². The molecule has 1 aromatic heterocycles. The van der Waals surface area contributed by atoms with Crippen molar-refractivity contribution in [2.75, 3.05) is 40.0 Å². The van der Waals surface area contributed by atoms with E-state index in [1.54, 1.807) is 35.7 Å². The summed E-state index contributed by atoms with van der Waals surface area (Å²) in [6, 6.07) is 11.4. The number of aryl methyl sites for hydroxylation is 1. The van der Waals surface area contributed by atoms with Gasteiger partial charge in [-0.3, -0.25) is 14.7 Å². The summed E-state index contributed by atoms with van der Waals surface area (Å²) in [7, 11) is -2.57. The number of halogens is 4. The molecule has 16 heteroatoms. The standard InChI is InChI=1S/C28H33F3N4O7S.ClH/c1-40-17-15-34-13-10-27(11-14-34,26(36)33-37)43(38,39)25-8-6-23(7-9-25)41-16-3-12-35-20-22(19-32-35)21-4-2-5-24(18-21)42-28(29,30)31;/h2,4-9,18-20,37H,3,10-17H2,1H3,(H,33,36);1H. The number of amides is 1. The molecule has 0 unspecified atom stereocenters. The molecule has 44 heavy (non-hydrogen) atoms. The molecule has 1 aliphatic rings. The molecule has 0 bridgehead atoms. The van der Waals surface area contributed by atoms with Gasteiger partial charge in [-0.25, -0.2) is 13.9 Å². The van der Waals surface area contributed by atoms with Gasteiger partial charge in [0.1, 0.15) is 11.5 Å². The number of benzene rings is 2. The van der Waals surface area contributed by atoms with Gasteiger partial charge in [0.2, 0.25) is 0 Å². The lowest BCUT2D eigenvalue weighted by Crippen LogP contribution is -2.57. The normalized spacial score (nSPS) is 15.3. The maximum absolute atomic E-state index is 13.6. The van der Waals surface area contributed by atoms with Gasteiger partial charge in [0.15, 0.2) is 14.6 Å². The van der Waals surface area contributed by atoms with Crippen molar-refractivity contribution >= 4 is 28.2 Å². The minimum absolute atomic E-state index is 0. The number of nitrogens with one attached hydrogen (secondary N) is 1. The van der Waals surface area contributed by atoms with Crippen LogP contribution in [0.5, 0.6) is 11.5 Å². The van der Waals surface area contributed by atoms with Crippen LogP contribution in [0.1, 0.15) is 19.3 Å². The lowest BCUT2D eigenvalue weighted by molar-refractivity contribution is -0.274. The number of hydrogen-bond donors (Lipinski definition) is 2. The highest BCUT2D eigenvalue weighted by Crippen LogP contribution is 2.36. The van der Waals surface area contributed by atoms with Crippen molar-refractivity contribution in [1.82, 2.24) is 20.2 Å². The number of ether oxygens (including phenoxy) is 3. The predicted molar refractivity (Wildman–Crippen MR) is 156 cm³/mol. The van der Waals surface area contributed by atoms with E-state index in [0.29, 0.717) is 56.1 Å². The van der Waals surface area contributed by atoms with Gasteiger partial charge in [-0.05, 0) is 54.8 Å². The van der Waals surface area contributed by atoms with Crippen LogP contribution < -0.4 is 15.0 Å². The summed E-state index contributed by atoms with van der Waals surface area (Å²) in [5, 5.41) is 13.6. The number of aromatic nitrogens is 2. The molecule has 0 atom stereocenters. The second kappa shape index (κ2) is 15.1. The molecule has 1 aliphatic heterocycles. The lowest BCUT2D eigenvalue weighted by atomic mass is 9.95. The molecule has 0 saturated carbocycles. The van der Waals surface area contributed by atoms with Crippen molar-refractivity contribution in [3.8, 4) is 22.6 Å². The van der Waals surface area contributed by atoms with Gasteiger partial charge in [-0.1, -0.05) is 12.1 Å². The summed E-state index contributed by atoms with van der Waals surface area (Å²) >= 11 is 0. The van der Waals surface area contributed by atoms with Gasteiger partial charge < -0.3 is 19.1 Å². The molecule has 3 aromatic rings. The molecule has 242 valence electrons. The third kappa shape index (κ3) is 8.41. The van der Waals surface area contributed by atoms with E-state index < -0.39 is 26.9 Å². The molecule has 11 nitrogen and oxygen atoms in total. The van der Waals surface area contributed by atoms with Crippen LogP contribution in [0.15, 0.2) is 65.8 Å². The van der Waals surface area contributed by atoms with Crippen molar-refractivity contribution in [2.24, 2.45) is 0 Å². The fraction of sp³-hybridized carbons (Fsp3) is 0.429. The molecular weight excluding hydrogens is 629 g/mol. The van der Waals surface area contributed by atoms with Crippen LogP contribution in [-0.4, -0.2) is 85.3 Å². The zero-order valence-corrected chi connectivity index (χ0v) is 25.5. The van der Waals surface area contributed by atoms with Crippen molar-refractivity contribution < 1.29 is 45.8 Å². The van der Waals surface area contributed by atoms with Crippen molar-refractivity contribution in [3.63, 3.8) is 0 Å². The summed E-state index contributed by atoms with van der Waals surface area (Å²) in [6.07, 6.45) is -0.959. The zero-order chi connectivity index (χ0) is 31.1. The Bertz CT molecular complexity index is 1480. The highest BCUT2D eigenvalue weighted by atomic mass is 35.5. The fourth-order valence-electron chi connectivity index (χ4n) is 4.94. The highest BCUT2D eigenvalue weighted by Gasteiger charge is 2.52. The van der Waals surface area contributed by atoms with E-state index in [4.69, 9.17) is 9.47 Å². The Kier molecular flexibility index (Phi) is 12.0. The van der Waals surface area contributed by atoms with E-state index >= 15 is 0 Å². The topological polar surface area (TPSA) is 132 Å². The summed E-state index contributed by atoms with van der Waals surface area (Å²) in [5.41, 5.74) is 2.70. The Hall–Kier alpha value is -3.37. The molecule has 0 radical (unpaired) electrons. The van der Waals surface area contributed by atoms with E-state index in [1.807, 2.05) is 4.90 Å². The number of rotatable bonds is 13. The number of nitrogens with zero attached hydrogens (tertiary/aromatic N) is 3.